The van der Waals surface area contributed by atoms with Crippen molar-refractivity contribution in [2.24, 2.45) is 0 Å². The first-order valence-corrected chi connectivity index (χ1v) is 7.34. The summed E-state index contributed by atoms with van der Waals surface area (Å²) in [5, 5.41) is 0. The third kappa shape index (κ3) is 6.58. The smallest absolute Gasteiger partial charge is 0.236 e. The Labute approximate surface area is 126 Å². The van der Waals surface area contributed by atoms with Crippen LogP contribution in [0.4, 0.5) is 4.39 Å². The monoisotopic (exact) mass is 296 g/mol. The van der Waals surface area contributed by atoms with E-state index in [1.807, 2.05) is 11.9 Å². The normalized spacial score (nSPS) is 10.7. The van der Waals surface area contributed by atoms with Crippen molar-refractivity contribution in [3.8, 4) is 5.75 Å². The van der Waals surface area contributed by atoms with E-state index in [2.05, 4.69) is 6.92 Å². The van der Waals surface area contributed by atoms with Gasteiger partial charge in [-0.3, -0.25) is 9.69 Å². The van der Waals surface area contributed by atoms with Crippen LogP contribution < -0.4 is 4.74 Å². The summed E-state index contributed by atoms with van der Waals surface area (Å²) < 4.78 is 18.7. The van der Waals surface area contributed by atoms with Crippen molar-refractivity contribution in [1.82, 2.24) is 9.80 Å². The van der Waals surface area contributed by atoms with Crippen LogP contribution in [0, 0.1) is 5.82 Å². The zero-order chi connectivity index (χ0) is 15.7. The van der Waals surface area contributed by atoms with Crippen LogP contribution in [-0.4, -0.2) is 56.0 Å². The predicted molar refractivity (Wildman–Crippen MR) is 81.9 cm³/mol. The molecule has 1 aromatic rings. The zero-order valence-corrected chi connectivity index (χ0v) is 13.1. The lowest BCUT2D eigenvalue weighted by Crippen LogP contribution is -2.38. The third-order valence-electron chi connectivity index (χ3n) is 3.25. The lowest BCUT2D eigenvalue weighted by atomic mass is 10.3. The summed E-state index contributed by atoms with van der Waals surface area (Å²) in [5.74, 6) is -0.116. The number of benzene rings is 1. The molecule has 0 atom stereocenters. The van der Waals surface area contributed by atoms with E-state index in [9.17, 15) is 9.18 Å². The Kier molecular flexibility index (Phi) is 7.75. The van der Waals surface area contributed by atoms with Gasteiger partial charge in [-0.2, -0.15) is 0 Å². The van der Waals surface area contributed by atoms with Crippen molar-refractivity contribution in [1.29, 1.82) is 0 Å². The summed E-state index contributed by atoms with van der Waals surface area (Å²) >= 11 is 0. The highest BCUT2D eigenvalue weighted by molar-refractivity contribution is 5.77. The lowest BCUT2D eigenvalue weighted by molar-refractivity contribution is -0.131. The van der Waals surface area contributed by atoms with Gasteiger partial charge in [0.25, 0.3) is 0 Å². The maximum Gasteiger partial charge on any atom is 0.236 e. The van der Waals surface area contributed by atoms with Crippen LogP contribution in [0.25, 0.3) is 0 Å². The SMILES string of the molecule is CCCCN(C)CC(=O)N(C)CCOc1ccccc1F. The van der Waals surface area contributed by atoms with Gasteiger partial charge in [-0.05, 0) is 32.1 Å². The van der Waals surface area contributed by atoms with Crippen LogP contribution in [0.15, 0.2) is 24.3 Å². The van der Waals surface area contributed by atoms with Crippen molar-refractivity contribution in [3.63, 3.8) is 0 Å². The Hall–Kier alpha value is -1.62. The molecular formula is C16H25FN2O2. The van der Waals surface area contributed by atoms with E-state index in [1.54, 1.807) is 30.1 Å². The molecule has 1 amide bonds. The first kappa shape index (κ1) is 17.4. The second kappa shape index (κ2) is 9.34. The van der Waals surface area contributed by atoms with Gasteiger partial charge in [0, 0.05) is 7.05 Å². The number of unbranched alkanes of at least 4 members (excludes halogenated alkanes) is 1. The van der Waals surface area contributed by atoms with Gasteiger partial charge in [-0.1, -0.05) is 25.5 Å². The number of halogens is 1. The molecule has 4 nitrogen and oxygen atoms in total. The minimum absolute atomic E-state index is 0.0470. The molecule has 1 rings (SSSR count). The summed E-state index contributed by atoms with van der Waals surface area (Å²) in [6.07, 6.45) is 2.20. The Morgan fingerprint density at radius 2 is 1.95 bits per heavy atom. The van der Waals surface area contributed by atoms with Crippen LogP contribution in [0.2, 0.25) is 0 Å². The predicted octanol–water partition coefficient (Wildman–Crippen LogP) is 2.39. The molecule has 0 saturated carbocycles. The molecule has 0 heterocycles. The van der Waals surface area contributed by atoms with E-state index in [0.29, 0.717) is 13.1 Å². The molecule has 0 spiro atoms. The number of ether oxygens (including phenoxy) is 1. The Morgan fingerprint density at radius 1 is 1.24 bits per heavy atom. The number of para-hydroxylation sites is 1. The Morgan fingerprint density at radius 3 is 2.62 bits per heavy atom. The number of nitrogens with zero attached hydrogens (tertiary/aromatic N) is 2. The second-order valence-electron chi connectivity index (χ2n) is 5.19. The van der Waals surface area contributed by atoms with E-state index in [-0.39, 0.29) is 24.1 Å². The van der Waals surface area contributed by atoms with Gasteiger partial charge in [0.1, 0.15) is 6.61 Å². The number of rotatable bonds is 9. The van der Waals surface area contributed by atoms with Gasteiger partial charge in [0.15, 0.2) is 11.6 Å². The van der Waals surface area contributed by atoms with Crippen molar-refractivity contribution in [3.05, 3.63) is 30.1 Å². The van der Waals surface area contributed by atoms with Crippen molar-refractivity contribution < 1.29 is 13.9 Å². The maximum atomic E-state index is 13.4. The van der Waals surface area contributed by atoms with E-state index in [4.69, 9.17) is 4.74 Å². The van der Waals surface area contributed by atoms with E-state index in [0.717, 1.165) is 19.4 Å². The van der Waals surface area contributed by atoms with Crippen LogP contribution in [0.1, 0.15) is 19.8 Å². The first-order valence-electron chi connectivity index (χ1n) is 7.34. The van der Waals surface area contributed by atoms with E-state index < -0.39 is 0 Å². The highest BCUT2D eigenvalue weighted by atomic mass is 19.1. The summed E-state index contributed by atoms with van der Waals surface area (Å²) in [4.78, 5) is 15.6. The first-order chi connectivity index (χ1) is 10.0. The Bertz CT molecular complexity index is 440. The average molecular weight is 296 g/mol. The molecule has 0 saturated heterocycles. The fourth-order valence-corrected chi connectivity index (χ4v) is 1.84. The number of carbonyl (C=O) groups excluding carboxylic acids is 1. The highest BCUT2D eigenvalue weighted by Crippen LogP contribution is 2.14. The Balaban J connectivity index is 2.28. The fraction of sp³-hybridized carbons (Fsp3) is 0.562. The van der Waals surface area contributed by atoms with Crippen LogP contribution in [0.5, 0.6) is 5.75 Å². The van der Waals surface area contributed by atoms with Crippen molar-refractivity contribution in [2.45, 2.75) is 19.8 Å². The highest BCUT2D eigenvalue weighted by Gasteiger charge is 2.11. The van der Waals surface area contributed by atoms with E-state index >= 15 is 0 Å². The molecule has 0 aliphatic rings. The van der Waals surface area contributed by atoms with Gasteiger partial charge in [-0.25, -0.2) is 4.39 Å². The molecule has 0 fully saturated rings. The topological polar surface area (TPSA) is 32.8 Å². The molecule has 0 aromatic heterocycles. The number of likely N-dealkylation sites (N-methyl/N-ethyl adjacent to an activating group) is 2. The van der Waals surface area contributed by atoms with Gasteiger partial charge < -0.3 is 9.64 Å². The minimum atomic E-state index is -0.384. The molecule has 0 aliphatic carbocycles. The van der Waals surface area contributed by atoms with Gasteiger partial charge in [0.2, 0.25) is 5.91 Å². The molecule has 0 N–H and O–H groups in total. The zero-order valence-electron chi connectivity index (χ0n) is 13.1. The molecule has 0 radical (unpaired) electrons. The molecule has 5 heteroatoms. The number of amides is 1. The molecule has 21 heavy (non-hydrogen) atoms. The molecule has 0 aliphatic heterocycles. The molecular weight excluding hydrogens is 271 g/mol. The maximum absolute atomic E-state index is 13.4. The minimum Gasteiger partial charge on any atom is -0.489 e. The molecule has 0 unspecified atom stereocenters. The molecule has 0 bridgehead atoms. The summed E-state index contributed by atoms with van der Waals surface area (Å²) in [5.41, 5.74) is 0. The quantitative estimate of drug-likeness (QED) is 0.701. The molecule has 118 valence electrons. The average Bonchev–Trinajstić information content (AvgIpc) is 2.46. The largest absolute Gasteiger partial charge is 0.489 e. The third-order valence-corrected chi connectivity index (χ3v) is 3.25. The van der Waals surface area contributed by atoms with Crippen molar-refractivity contribution in [2.75, 3.05) is 40.3 Å². The summed E-state index contributed by atoms with van der Waals surface area (Å²) in [7, 11) is 3.68. The lowest BCUT2D eigenvalue weighted by Gasteiger charge is -2.21. The number of carbonyl (C=O) groups is 1. The van der Waals surface area contributed by atoms with Gasteiger partial charge >= 0.3 is 0 Å². The van der Waals surface area contributed by atoms with Gasteiger partial charge in [0.05, 0.1) is 13.1 Å². The second-order valence-corrected chi connectivity index (χ2v) is 5.19. The fourth-order valence-electron chi connectivity index (χ4n) is 1.84. The van der Waals surface area contributed by atoms with Crippen molar-refractivity contribution >= 4 is 5.91 Å². The van der Waals surface area contributed by atoms with Crippen LogP contribution in [-0.2, 0) is 4.79 Å². The van der Waals surface area contributed by atoms with Gasteiger partial charge in [-0.15, -0.1) is 0 Å². The number of hydrogen-bond donors (Lipinski definition) is 0. The van der Waals surface area contributed by atoms with Crippen LogP contribution in [0.3, 0.4) is 0 Å². The summed E-state index contributed by atoms with van der Waals surface area (Å²) in [6.45, 7) is 4.16. The van der Waals surface area contributed by atoms with Crippen LogP contribution >= 0.6 is 0 Å². The van der Waals surface area contributed by atoms with E-state index in [1.165, 1.54) is 6.07 Å². The summed E-state index contributed by atoms with van der Waals surface area (Å²) in [6, 6.07) is 6.27. The molecule has 1 aromatic carbocycles. The number of hydrogen-bond acceptors (Lipinski definition) is 3. The standard InChI is InChI=1S/C16H25FN2O2/c1-4-5-10-18(2)13-16(20)19(3)11-12-21-15-9-7-6-8-14(15)17/h6-9H,4-5,10-13H2,1-3H3.